The molecular formula is C30H30ClN3O5S3. The number of rotatable bonds is 4. The molecule has 4 aromatic rings. The van der Waals surface area contributed by atoms with Crippen LogP contribution in [0.3, 0.4) is 0 Å². The fourth-order valence-corrected chi connectivity index (χ4v) is 7.65. The molecule has 1 unspecified atom stereocenters. The van der Waals surface area contributed by atoms with Gasteiger partial charge in [-0.15, -0.1) is 11.3 Å². The third kappa shape index (κ3) is 6.99. The SMILES string of the molecule is CN1/C(=c2/s/c(=C/c3cc[n+](C)cc3)n(CC3CCCO3)c2=O)Sc2ccc(Cl)cc21.Cc1ccc(S(=O)(=O)[O-])cc1. The molecule has 0 bridgehead atoms. The van der Waals surface area contributed by atoms with Gasteiger partial charge in [-0.2, -0.15) is 0 Å². The molecule has 4 heterocycles. The van der Waals surface area contributed by atoms with E-state index in [4.69, 9.17) is 16.3 Å². The summed E-state index contributed by atoms with van der Waals surface area (Å²) < 4.78 is 42.6. The molecule has 1 atom stereocenters. The Hall–Kier alpha value is -2.93. The van der Waals surface area contributed by atoms with Crippen molar-refractivity contribution in [2.45, 2.75) is 42.2 Å². The molecule has 0 N–H and O–H groups in total. The van der Waals surface area contributed by atoms with Gasteiger partial charge >= 0.3 is 0 Å². The molecule has 0 radical (unpaired) electrons. The lowest BCUT2D eigenvalue weighted by Crippen LogP contribution is -2.36. The Morgan fingerprint density at radius 2 is 1.86 bits per heavy atom. The average molecular weight is 644 g/mol. The number of halogens is 1. The van der Waals surface area contributed by atoms with Gasteiger partial charge in [-0.05, 0) is 61.7 Å². The fraction of sp³-hybridized carbons (Fsp3) is 0.267. The maximum Gasteiger partial charge on any atom is 0.271 e. The number of hydrogen-bond donors (Lipinski definition) is 0. The van der Waals surface area contributed by atoms with Gasteiger partial charge in [0.2, 0.25) is 0 Å². The lowest BCUT2D eigenvalue weighted by molar-refractivity contribution is -0.671. The Morgan fingerprint density at radius 3 is 2.50 bits per heavy atom. The van der Waals surface area contributed by atoms with Crippen molar-refractivity contribution in [3.05, 3.63) is 103 Å². The van der Waals surface area contributed by atoms with E-state index >= 15 is 0 Å². The first-order chi connectivity index (χ1) is 20.0. The minimum Gasteiger partial charge on any atom is -0.744 e. The second-order valence-corrected chi connectivity index (χ2v) is 14.0. The van der Waals surface area contributed by atoms with Crippen molar-refractivity contribution in [2.75, 3.05) is 18.6 Å². The summed E-state index contributed by atoms with van der Waals surface area (Å²) in [7, 11) is -0.281. The highest BCUT2D eigenvalue weighted by atomic mass is 35.5. The lowest BCUT2D eigenvalue weighted by atomic mass is 10.2. The highest BCUT2D eigenvalue weighted by Gasteiger charge is 2.26. The van der Waals surface area contributed by atoms with Crippen molar-refractivity contribution in [2.24, 2.45) is 7.05 Å². The van der Waals surface area contributed by atoms with Gasteiger partial charge in [0.25, 0.3) is 5.56 Å². The van der Waals surface area contributed by atoms with E-state index in [1.54, 1.807) is 35.2 Å². The molecule has 0 amide bonds. The van der Waals surface area contributed by atoms with Gasteiger partial charge in [0, 0.05) is 35.7 Å². The number of benzene rings is 2. The molecule has 2 aliphatic rings. The van der Waals surface area contributed by atoms with Crippen LogP contribution in [0.25, 0.3) is 11.1 Å². The zero-order chi connectivity index (χ0) is 30.0. The Kier molecular flexibility index (Phi) is 9.26. The van der Waals surface area contributed by atoms with Crippen LogP contribution >= 0.6 is 34.7 Å². The van der Waals surface area contributed by atoms with Gasteiger partial charge in [0.1, 0.15) is 26.7 Å². The summed E-state index contributed by atoms with van der Waals surface area (Å²) >= 11 is 9.38. The molecule has 42 heavy (non-hydrogen) atoms. The Bertz CT molecular complexity index is 1880. The second kappa shape index (κ2) is 12.7. The number of aromatic nitrogens is 2. The summed E-state index contributed by atoms with van der Waals surface area (Å²) in [6.07, 6.45) is 8.26. The molecule has 2 aromatic carbocycles. The van der Waals surface area contributed by atoms with Crippen molar-refractivity contribution in [3.63, 3.8) is 0 Å². The summed E-state index contributed by atoms with van der Waals surface area (Å²) in [5, 5.41) is 1.65. The van der Waals surface area contributed by atoms with E-state index < -0.39 is 10.1 Å². The van der Waals surface area contributed by atoms with Gasteiger partial charge in [0.15, 0.2) is 12.4 Å². The van der Waals surface area contributed by atoms with E-state index in [0.717, 1.165) is 55.4 Å². The average Bonchev–Trinajstić information content (AvgIpc) is 3.65. The molecular weight excluding hydrogens is 614 g/mol. The number of fused-ring (bicyclic) bond motifs is 1. The van der Waals surface area contributed by atoms with Crippen LogP contribution in [0.5, 0.6) is 0 Å². The van der Waals surface area contributed by atoms with Crippen molar-refractivity contribution in [1.29, 1.82) is 0 Å². The summed E-state index contributed by atoms with van der Waals surface area (Å²) in [6, 6.07) is 15.8. The van der Waals surface area contributed by atoms with E-state index in [-0.39, 0.29) is 16.6 Å². The van der Waals surface area contributed by atoms with Crippen molar-refractivity contribution < 1.29 is 22.3 Å². The molecule has 0 saturated carbocycles. The largest absolute Gasteiger partial charge is 0.744 e. The second-order valence-electron chi connectivity index (χ2n) is 10.1. The third-order valence-electron chi connectivity index (χ3n) is 6.91. The first kappa shape index (κ1) is 30.5. The molecule has 0 spiro atoms. The predicted octanol–water partition coefficient (Wildman–Crippen LogP) is 3.60. The zero-order valence-electron chi connectivity index (χ0n) is 23.3. The quantitative estimate of drug-likeness (QED) is 0.248. The number of hydrogen-bond acceptors (Lipinski definition) is 8. The normalized spacial score (nSPS) is 18.2. The lowest BCUT2D eigenvalue weighted by Gasteiger charge is -2.12. The molecule has 0 aliphatic carbocycles. The smallest absolute Gasteiger partial charge is 0.271 e. The first-order valence-corrected chi connectivity index (χ1v) is 16.7. The van der Waals surface area contributed by atoms with Crippen LogP contribution in [0.15, 0.2) is 81.6 Å². The van der Waals surface area contributed by atoms with Crippen molar-refractivity contribution >= 4 is 61.6 Å². The van der Waals surface area contributed by atoms with E-state index in [0.29, 0.717) is 11.6 Å². The molecule has 6 rings (SSSR count). The van der Waals surface area contributed by atoms with Crippen LogP contribution in [0.2, 0.25) is 5.02 Å². The monoisotopic (exact) mass is 643 g/mol. The van der Waals surface area contributed by atoms with Crippen LogP contribution in [0.4, 0.5) is 5.69 Å². The van der Waals surface area contributed by atoms with Crippen molar-refractivity contribution in [3.8, 4) is 0 Å². The molecule has 220 valence electrons. The van der Waals surface area contributed by atoms with Crippen LogP contribution in [-0.2, 0) is 28.4 Å². The minimum atomic E-state index is -4.27. The topological polar surface area (TPSA) is 95.6 Å². The van der Waals surface area contributed by atoms with E-state index in [2.05, 4.69) is 23.1 Å². The van der Waals surface area contributed by atoms with Gasteiger partial charge in [-0.1, -0.05) is 41.1 Å². The number of thiazole rings is 1. The van der Waals surface area contributed by atoms with Gasteiger partial charge < -0.3 is 14.2 Å². The van der Waals surface area contributed by atoms with E-state index in [9.17, 15) is 17.8 Å². The molecule has 2 aromatic heterocycles. The van der Waals surface area contributed by atoms with Crippen LogP contribution in [-0.4, -0.2) is 37.3 Å². The number of thioether (sulfide) groups is 1. The Morgan fingerprint density at radius 1 is 1.14 bits per heavy atom. The molecule has 1 fully saturated rings. The first-order valence-electron chi connectivity index (χ1n) is 13.3. The van der Waals surface area contributed by atoms with Gasteiger partial charge in [-0.3, -0.25) is 9.36 Å². The number of ether oxygens (including phenoxy) is 1. The highest BCUT2D eigenvalue weighted by Crippen LogP contribution is 2.46. The molecule has 12 heteroatoms. The Balaban J connectivity index is 0.000000271. The fourth-order valence-electron chi connectivity index (χ4n) is 4.61. The van der Waals surface area contributed by atoms with E-state index in [1.165, 1.54) is 12.1 Å². The Labute approximate surface area is 257 Å². The number of nitrogens with zero attached hydrogens (tertiary/aromatic N) is 3. The number of pyridine rings is 1. The molecule has 2 aliphatic heterocycles. The summed E-state index contributed by atoms with van der Waals surface area (Å²) in [5.41, 5.74) is 3.07. The molecule has 1 saturated heterocycles. The molecule has 8 nitrogen and oxygen atoms in total. The summed E-state index contributed by atoms with van der Waals surface area (Å²) in [5.74, 6) is 0. The minimum absolute atomic E-state index is 0.0430. The highest BCUT2D eigenvalue weighted by molar-refractivity contribution is 8.08. The maximum atomic E-state index is 13.6. The van der Waals surface area contributed by atoms with Crippen LogP contribution in [0, 0.1) is 6.92 Å². The van der Waals surface area contributed by atoms with E-state index in [1.807, 2.05) is 60.7 Å². The van der Waals surface area contributed by atoms with Crippen LogP contribution < -0.4 is 24.2 Å². The number of aryl methyl sites for hydroxylation is 2. The summed E-state index contributed by atoms with van der Waals surface area (Å²) in [6.45, 7) is 3.18. The van der Waals surface area contributed by atoms with Gasteiger partial charge in [0.05, 0.1) is 27.9 Å². The van der Waals surface area contributed by atoms with Crippen molar-refractivity contribution in [1.82, 2.24) is 4.57 Å². The summed E-state index contributed by atoms with van der Waals surface area (Å²) in [4.78, 5) is 16.6. The zero-order valence-corrected chi connectivity index (χ0v) is 26.5. The standard InChI is InChI=1S/C23H23ClN3O2S2.C7H8O3S/c1-25-9-7-15(8-10-25)12-20-27(14-17-4-3-11-29-17)22(28)21(31-20)23-26(2)18-13-16(24)5-6-19(18)30-23;1-6-2-4-7(5-3-6)11(8,9)10/h5-10,12-13,17H,3-4,11,14H2,1-2H3;2-5H,1H3,(H,8,9,10)/q+1;/p-1/b23-21-;. The third-order valence-corrected chi connectivity index (χ3v) is 10.5. The number of anilines is 1. The predicted molar refractivity (Wildman–Crippen MR) is 166 cm³/mol. The van der Waals surface area contributed by atoms with Crippen LogP contribution in [0.1, 0.15) is 24.0 Å². The maximum absolute atomic E-state index is 13.6. The van der Waals surface area contributed by atoms with Gasteiger partial charge in [-0.25, -0.2) is 13.0 Å².